The van der Waals surface area contributed by atoms with Gasteiger partial charge >= 0.3 is 0 Å². The molecule has 3 rings (SSSR count). The molecule has 2 heterocycles. The van der Waals surface area contributed by atoms with Crippen molar-refractivity contribution in [3.05, 3.63) is 58.2 Å². The Labute approximate surface area is 153 Å². The summed E-state index contributed by atoms with van der Waals surface area (Å²) in [6, 6.07) is 6.08. The topological polar surface area (TPSA) is 58.5 Å². The molecule has 1 fully saturated rings. The standard InChI is InChI=1S/C17H15FN4OS2/c1-4-9-22-15(23)14(10(2)12-5-7-13(18)8-6-12)25-17(22)19-16-21-20-11(3)24-16/h4-8H,1,9H2,2-3H3/b14-10-,19-17+. The Bertz CT molecular complexity index is 886. The van der Waals surface area contributed by atoms with Crippen LogP contribution in [-0.2, 0) is 4.79 Å². The van der Waals surface area contributed by atoms with Crippen LogP contribution in [0.15, 0.2) is 46.8 Å². The highest BCUT2D eigenvalue weighted by atomic mass is 32.2. The van der Waals surface area contributed by atoms with Gasteiger partial charge in [0.15, 0.2) is 5.17 Å². The zero-order valence-corrected chi connectivity index (χ0v) is 15.3. The average molecular weight is 374 g/mol. The van der Waals surface area contributed by atoms with Gasteiger partial charge in [-0.25, -0.2) is 4.39 Å². The lowest BCUT2D eigenvalue weighted by Crippen LogP contribution is -2.29. The van der Waals surface area contributed by atoms with Gasteiger partial charge in [-0.05, 0) is 48.9 Å². The van der Waals surface area contributed by atoms with Crippen molar-refractivity contribution in [3.8, 4) is 0 Å². The molecule has 0 spiro atoms. The summed E-state index contributed by atoms with van der Waals surface area (Å²) in [6.45, 7) is 7.74. The number of thioether (sulfide) groups is 1. The minimum atomic E-state index is -0.311. The molecule has 0 unspecified atom stereocenters. The van der Waals surface area contributed by atoms with E-state index < -0.39 is 0 Å². The second kappa shape index (κ2) is 7.28. The summed E-state index contributed by atoms with van der Waals surface area (Å²) in [6.07, 6.45) is 1.65. The highest BCUT2D eigenvalue weighted by Crippen LogP contribution is 2.37. The van der Waals surface area contributed by atoms with Crippen LogP contribution in [0.25, 0.3) is 5.57 Å². The summed E-state index contributed by atoms with van der Waals surface area (Å²) in [5.41, 5.74) is 1.58. The van der Waals surface area contributed by atoms with Gasteiger partial charge in [-0.2, -0.15) is 4.99 Å². The zero-order chi connectivity index (χ0) is 18.0. The molecule has 0 bridgehead atoms. The molecule has 1 amide bonds. The first kappa shape index (κ1) is 17.5. The summed E-state index contributed by atoms with van der Waals surface area (Å²) in [5, 5.41) is 9.77. The summed E-state index contributed by atoms with van der Waals surface area (Å²) >= 11 is 2.64. The van der Waals surface area contributed by atoms with Crippen molar-refractivity contribution in [2.24, 2.45) is 4.99 Å². The Balaban J connectivity index is 2.00. The van der Waals surface area contributed by atoms with Gasteiger partial charge in [-0.15, -0.1) is 16.8 Å². The predicted octanol–water partition coefficient (Wildman–Crippen LogP) is 4.17. The van der Waals surface area contributed by atoms with Crippen molar-refractivity contribution in [2.75, 3.05) is 6.54 Å². The van der Waals surface area contributed by atoms with Crippen LogP contribution in [0.2, 0.25) is 0 Å². The Morgan fingerprint density at radius 1 is 1.36 bits per heavy atom. The maximum Gasteiger partial charge on any atom is 0.267 e. The lowest BCUT2D eigenvalue weighted by molar-refractivity contribution is -0.121. The van der Waals surface area contributed by atoms with Gasteiger partial charge < -0.3 is 0 Å². The van der Waals surface area contributed by atoms with Crippen LogP contribution >= 0.6 is 23.1 Å². The van der Waals surface area contributed by atoms with E-state index in [1.54, 1.807) is 23.1 Å². The number of aryl methyl sites for hydroxylation is 1. The molecule has 0 aliphatic carbocycles. The summed E-state index contributed by atoms with van der Waals surface area (Å²) in [7, 11) is 0. The highest BCUT2D eigenvalue weighted by Gasteiger charge is 2.34. The van der Waals surface area contributed by atoms with Crippen LogP contribution in [0, 0.1) is 12.7 Å². The summed E-state index contributed by atoms with van der Waals surface area (Å²) in [4.78, 5) is 19.4. The van der Waals surface area contributed by atoms with Gasteiger partial charge in [0.1, 0.15) is 10.8 Å². The van der Waals surface area contributed by atoms with E-state index in [2.05, 4.69) is 21.8 Å². The van der Waals surface area contributed by atoms with Gasteiger partial charge in [0, 0.05) is 6.54 Å². The number of rotatable bonds is 4. The first-order chi connectivity index (χ1) is 12.0. The third-order valence-electron chi connectivity index (χ3n) is 3.50. The zero-order valence-electron chi connectivity index (χ0n) is 13.7. The molecule has 2 aromatic rings. The largest absolute Gasteiger partial charge is 0.282 e. The van der Waals surface area contributed by atoms with Crippen molar-refractivity contribution < 1.29 is 9.18 Å². The second-order valence-electron chi connectivity index (χ2n) is 5.27. The van der Waals surface area contributed by atoms with Gasteiger partial charge in [0.2, 0.25) is 5.13 Å². The van der Waals surface area contributed by atoms with E-state index >= 15 is 0 Å². The molecule has 5 nitrogen and oxygen atoms in total. The van der Waals surface area contributed by atoms with Crippen molar-refractivity contribution in [2.45, 2.75) is 13.8 Å². The SMILES string of the molecule is C=CCN1C(=O)/C(=C(\C)c2ccc(F)cc2)S/C1=N/c1nnc(C)s1. The number of allylic oxidation sites excluding steroid dienone is 1. The third-order valence-corrected chi connectivity index (χ3v) is 5.41. The molecule has 1 aromatic carbocycles. The number of hydrogen-bond donors (Lipinski definition) is 0. The number of aromatic nitrogens is 2. The van der Waals surface area contributed by atoms with Crippen molar-refractivity contribution in [3.63, 3.8) is 0 Å². The first-order valence-corrected chi connectivity index (χ1v) is 9.09. The second-order valence-corrected chi connectivity index (χ2v) is 7.40. The lowest BCUT2D eigenvalue weighted by atomic mass is 10.1. The molecule has 0 radical (unpaired) electrons. The van der Waals surface area contributed by atoms with Crippen molar-refractivity contribution >= 4 is 44.9 Å². The van der Waals surface area contributed by atoms with Crippen molar-refractivity contribution in [1.29, 1.82) is 0 Å². The number of halogens is 1. The van der Waals surface area contributed by atoms with Gasteiger partial charge in [0.25, 0.3) is 5.91 Å². The summed E-state index contributed by atoms with van der Waals surface area (Å²) < 4.78 is 13.1. The van der Waals surface area contributed by atoms with E-state index in [4.69, 9.17) is 0 Å². The number of amidine groups is 1. The number of hydrogen-bond acceptors (Lipinski definition) is 6. The monoisotopic (exact) mass is 374 g/mol. The molecule has 8 heteroatoms. The number of aliphatic imine (C=N–C) groups is 1. The molecule has 1 saturated heterocycles. The van der Waals surface area contributed by atoms with Crippen LogP contribution in [0.5, 0.6) is 0 Å². The van der Waals surface area contributed by atoms with Gasteiger partial charge in [0.05, 0.1) is 4.91 Å². The molecule has 1 aromatic heterocycles. The Morgan fingerprint density at radius 2 is 2.08 bits per heavy atom. The first-order valence-electron chi connectivity index (χ1n) is 7.46. The van der Waals surface area contributed by atoms with Crippen LogP contribution in [0.4, 0.5) is 9.52 Å². The fraction of sp³-hybridized carbons (Fsp3) is 0.176. The number of carbonyl (C=O) groups is 1. The molecule has 0 N–H and O–H groups in total. The molecule has 25 heavy (non-hydrogen) atoms. The molecule has 128 valence electrons. The van der Waals surface area contributed by atoms with Gasteiger partial charge in [-0.1, -0.05) is 29.5 Å². The Hall–Kier alpha value is -2.32. The van der Waals surface area contributed by atoms with E-state index in [0.29, 0.717) is 21.7 Å². The quantitative estimate of drug-likeness (QED) is 0.595. The minimum Gasteiger partial charge on any atom is -0.282 e. The van der Waals surface area contributed by atoms with E-state index in [-0.39, 0.29) is 11.7 Å². The summed E-state index contributed by atoms with van der Waals surface area (Å²) in [5.74, 6) is -0.458. The van der Waals surface area contributed by atoms with Crippen LogP contribution in [0.1, 0.15) is 17.5 Å². The number of nitrogens with zero attached hydrogens (tertiary/aromatic N) is 4. The molecule has 1 aliphatic rings. The van der Waals surface area contributed by atoms with E-state index in [1.807, 2.05) is 13.8 Å². The Morgan fingerprint density at radius 3 is 2.68 bits per heavy atom. The van der Waals surface area contributed by atoms with Crippen molar-refractivity contribution in [1.82, 2.24) is 15.1 Å². The molecular formula is C17H15FN4OS2. The maximum atomic E-state index is 13.1. The number of amides is 1. The van der Waals surface area contributed by atoms with Gasteiger partial charge in [-0.3, -0.25) is 9.69 Å². The minimum absolute atomic E-state index is 0.147. The fourth-order valence-electron chi connectivity index (χ4n) is 2.25. The van der Waals surface area contributed by atoms with Crippen LogP contribution < -0.4 is 0 Å². The highest BCUT2D eigenvalue weighted by molar-refractivity contribution is 8.18. The molecular weight excluding hydrogens is 359 g/mol. The molecule has 1 aliphatic heterocycles. The number of benzene rings is 1. The Kier molecular flexibility index (Phi) is 5.10. The predicted molar refractivity (Wildman–Crippen MR) is 100 cm³/mol. The lowest BCUT2D eigenvalue weighted by Gasteiger charge is -2.12. The number of carbonyl (C=O) groups excluding carboxylic acids is 1. The van der Waals surface area contributed by atoms with Crippen LogP contribution in [-0.4, -0.2) is 32.7 Å². The normalized spacial score (nSPS) is 18.1. The third kappa shape index (κ3) is 3.69. The molecule has 0 saturated carbocycles. The van der Waals surface area contributed by atoms with E-state index in [9.17, 15) is 9.18 Å². The average Bonchev–Trinajstić information content (AvgIpc) is 3.13. The fourth-order valence-corrected chi connectivity index (χ4v) is 3.92. The smallest absolute Gasteiger partial charge is 0.267 e. The van der Waals surface area contributed by atoms with Crippen LogP contribution in [0.3, 0.4) is 0 Å². The molecule has 0 atom stereocenters. The van der Waals surface area contributed by atoms with E-state index in [1.165, 1.54) is 35.2 Å². The van der Waals surface area contributed by atoms with E-state index in [0.717, 1.165) is 16.1 Å². The maximum absolute atomic E-state index is 13.1.